The molecule has 2 aliphatic carbocycles. The van der Waals surface area contributed by atoms with Gasteiger partial charge in [-0.1, -0.05) is 27.7 Å². The second kappa shape index (κ2) is 6.79. The van der Waals surface area contributed by atoms with E-state index < -0.39 is 0 Å². The molecule has 0 amide bonds. The van der Waals surface area contributed by atoms with Crippen molar-refractivity contribution in [1.29, 1.82) is 0 Å². The van der Waals surface area contributed by atoms with Gasteiger partial charge in [0, 0.05) is 18.1 Å². The third kappa shape index (κ3) is 3.57. The summed E-state index contributed by atoms with van der Waals surface area (Å²) < 4.78 is 0. The van der Waals surface area contributed by atoms with Gasteiger partial charge in [0.25, 0.3) is 0 Å². The SMILES string of the molecule is CCCNC1C(N(C)C2CCC(C)CC2)CCC1(C)C. The largest absolute Gasteiger partial charge is 0.312 e. The summed E-state index contributed by atoms with van der Waals surface area (Å²) in [5.41, 5.74) is 0.454. The quantitative estimate of drug-likeness (QED) is 0.817. The molecule has 2 heteroatoms. The van der Waals surface area contributed by atoms with Crippen molar-refractivity contribution in [3.63, 3.8) is 0 Å². The van der Waals surface area contributed by atoms with Gasteiger partial charge < -0.3 is 5.32 Å². The third-order valence-electron chi connectivity index (χ3n) is 6.01. The fourth-order valence-electron chi connectivity index (χ4n) is 4.43. The van der Waals surface area contributed by atoms with Crippen molar-refractivity contribution in [2.45, 2.75) is 90.8 Å². The lowest BCUT2D eigenvalue weighted by Gasteiger charge is -2.42. The normalized spacial score (nSPS) is 37.5. The maximum Gasteiger partial charge on any atom is 0.0274 e. The highest BCUT2D eigenvalue weighted by molar-refractivity contribution is 5.01. The summed E-state index contributed by atoms with van der Waals surface area (Å²) in [5.74, 6) is 0.952. The minimum absolute atomic E-state index is 0.454. The summed E-state index contributed by atoms with van der Waals surface area (Å²) in [6, 6.07) is 2.25. The molecule has 2 rings (SSSR count). The zero-order valence-electron chi connectivity index (χ0n) is 14.4. The fraction of sp³-hybridized carbons (Fsp3) is 1.00. The Bertz CT molecular complexity index is 292. The van der Waals surface area contributed by atoms with E-state index >= 15 is 0 Å². The van der Waals surface area contributed by atoms with Crippen molar-refractivity contribution in [3.05, 3.63) is 0 Å². The summed E-state index contributed by atoms with van der Waals surface area (Å²) in [7, 11) is 2.40. The molecule has 2 saturated carbocycles. The number of nitrogens with zero attached hydrogens (tertiary/aromatic N) is 1. The molecule has 1 N–H and O–H groups in total. The molecule has 0 heterocycles. The number of likely N-dealkylation sites (N-methyl/N-ethyl adjacent to an activating group) is 1. The van der Waals surface area contributed by atoms with E-state index in [2.05, 4.69) is 45.0 Å². The standard InChI is InChI=1S/C18H36N2/c1-6-13-19-17-16(11-12-18(17,3)4)20(5)15-9-7-14(2)8-10-15/h14-17,19H,6-13H2,1-5H3. The van der Waals surface area contributed by atoms with Gasteiger partial charge in [-0.25, -0.2) is 0 Å². The van der Waals surface area contributed by atoms with Crippen molar-refractivity contribution >= 4 is 0 Å². The van der Waals surface area contributed by atoms with Crippen LogP contribution in [-0.4, -0.2) is 36.6 Å². The molecule has 0 aromatic heterocycles. The van der Waals surface area contributed by atoms with E-state index in [4.69, 9.17) is 0 Å². The van der Waals surface area contributed by atoms with E-state index in [1.807, 2.05) is 0 Å². The Kier molecular flexibility index (Phi) is 5.53. The van der Waals surface area contributed by atoms with E-state index in [-0.39, 0.29) is 0 Å². The van der Waals surface area contributed by atoms with Crippen molar-refractivity contribution < 1.29 is 0 Å². The van der Waals surface area contributed by atoms with Crippen molar-refractivity contribution in [2.75, 3.05) is 13.6 Å². The minimum Gasteiger partial charge on any atom is -0.312 e. The first-order valence-corrected chi connectivity index (χ1v) is 8.91. The molecular weight excluding hydrogens is 244 g/mol. The Balaban J connectivity index is 1.98. The number of nitrogens with one attached hydrogen (secondary N) is 1. The summed E-state index contributed by atoms with van der Waals surface area (Å²) in [6.07, 6.45) is 9.66. The molecule has 2 aliphatic rings. The average Bonchev–Trinajstić information content (AvgIpc) is 2.71. The van der Waals surface area contributed by atoms with Crippen LogP contribution in [0.1, 0.15) is 72.6 Å². The first-order chi connectivity index (χ1) is 9.45. The van der Waals surface area contributed by atoms with E-state index in [0.717, 1.165) is 18.0 Å². The topological polar surface area (TPSA) is 15.3 Å². The fourth-order valence-corrected chi connectivity index (χ4v) is 4.43. The van der Waals surface area contributed by atoms with E-state index in [9.17, 15) is 0 Å². The van der Waals surface area contributed by atoms with E-state index in [0.29, 0.717) is 11.5 Å². The summed E-state index contributed by atoms with van der Waals surface area (Å²) >= 11 is 0. The Morgan fingerprint density at radius 2 is 1.75 bits per heavy atom. The Labute approximate surface area is 126 Å². The van der Waals surface area contributed by atoms with Crippen LogP contribution in [0.3, 0.4) is 0 Å². The lowest BCUT2D eigenvalue weighted by Crippen LogP contribution is -2.53. The van der Waals surface area contributed by atoms with Crippen LogP contribution in [0.2, 0.25) is 0 Å². The van der Waals surface area contributed by atoms with Crippen molar-refractivity contribution in [2.24, 2.45) is 11.3 Å². The predicted molar refractivity (Wildman–Crippen MR) is 88.1 cm³/mol. The van der Waals surface area contributed by atoms with Gasteiger partial charge in [0.2, 0.25) is 0 Å². The molecule has 0 spiro atoms. The van der Waals surface area contributed by atoms with Crippen LogP contribution in [0, 0.1) is 11.3 Å². The van der Waals surface area contributed by atoms with Crippen molar-refractivity contribution in [3.8, 4) is 0 Å². The maximum atomic E-state index is 3.86. The van der Waals surface area contributed by atoms with E-state index in [1.165, 1.54) is 51.5 Å². The molecule has 0 saturated heterocycles. The van der Waals surface area contributed by atoms with Crippen LogP contribution in [0.4, 0.5) is 0 Å². The van der Waals surface area contributed by atoms with Crippen LogP contribution in [0.25, 0.3) is 0 Å². The number of hydrogen-bond acceptors (Lipinski definition) is 2. The Morgan fingerprint density at radius 3 is 2.35 bits per heavy atom. The summed E-state index contributed by atoms with van der Waals surface area (Å²) in [5, 5.41) is 3.86. The Morgan fingerprint density at radius 1 is 1.10 bits per heavy atom. The number of hydrogen-bond donors (Lipinski definition) is 1. The molecule has 2 unspecified atom stereocenters. The van der Waals surface area contributed by atoms with Crippen LogP contribution in [0.5, 0.6) is 0 Å². The third-order valence-corrected chi connectivity index (χ3v) is 6.01. The van der Waals surface area contributed by atoms with Gasteiger partial charge in [-0.15, -0.1) is 0 Å². The Hall–Kier alpha value is -0.0800. The number of rotatable bonds is 5. The molecule has 20 heavy (non-hydrogen) atoms. The highest BCUT2D eigenvalue weighted by Crippen LogP contribution is 2.41. The molecule has 0 bridgehead atoms. The molecule has 2 fully saturated rings. The monoisotopic (exact) mass is 280 g/mol. The van der Waals surface area contributed by atoms with Gasteiger partial charge in [0.1, 0.15) is 0 Å². The first-order valence-electron chi connectivity index (χ1n) is 8.91. The molecule has 0 aromatic rings. The second-order valence-corrected chi connectivity index (χ2v) is 8.11. The van der Waals surface area contributed by atoms with Gasteiger partial charge in [-0.05, 0) is 69.9 Å². The van der Waals surface area contributed by atoms with Crippen LogP contribution in [0.15, 0.2) is 0 Å². The van der Waals surface area contributed by atoms with Crippen LogP contribution in [-0.2, 0) is 0 Å². The minimum atomic E-state index is 0.454. The van der Waals surface area contributed by atoms with Gasteiger partial charge in [-0.2, -0.15) is 0 Å². The maximum absolute atomic E-state index is 3.86. The van der Waals surface area contributed by atoms with Gasteiger partial charge in [0.15, 0.2) is 0 Å². The molecular formula is C18H36N2. The summed E-state index contributed by atoms with van der Waals surface area (Å²) in [6.45, 7) is 10.8. The average molecular weight is 280 g/mol. The predicted octanol–water partition coefficient (Wildman–Crippen LogP) is 4.05. The smallest absolute Gasteiger partial charge is 0.0274 e. The zero-order valence-corrected chi connectivity index (χ0v) is 14.4. The highest BCUT2D eigenvalue weighted by atomic mass is 15.2. The van der Waals surface area contributed by atoms with Crippen molar-refractivity contribution in [1.82, 2.24) is 10.2 Å². The first kappa shape index (κ1) is 16.3. The van der Waals surface area contributed by atoms with Gasteiger partial charge in [0.05, 0.1) is 0 Å². The zero-order chi connectivity index (χ0) is 14.8. The van der Waals surface area contributed by atoms with E-state index in [1.54, 1.807) is 0 Å². The molecule has 0 radical (unpaired) electrons. The molecule has 2 atom stereocenters. The van der Waals surface area contributed by atoms with Crippen LogP contribution < -0.4 is 5.32 Å². The van der Waals surface area contributed by atoms with Gasteiger partial charge in [-0.3, -0.25) is 4.90 Å². The molecule has 118 valence electrons. The summed E-state index contributed by atoms with van der Waals surface area (Å²) in [4.78, 5) is 2.74. The van der Waals surface area contributed by atoms with Crippen LogP contribution >= 0.6 is 0 Å². The molecule has 0 aliphatic heterocycles. The lowest BCUT2D eigenvalue weighted by molar-refractivity contribution is 0.0956. The lowest BCUT2D eigenvalue weighted by atomic mass is 9.84. The highest BCUT2D eigenvalue weighted by Gasteiger charge is 2.44. The second-order valence-electron chi connectivity index (χ2n) is 8.11. The molecule has 2 nitrogen and oxygen atoms in total. The van der Waals surface area contributed by atoms with Gasteiger partial charge >= 0.3 is 0 Å². The molecule has 0 aromatic carbocycles.